The van der Waals surface area contributed by atoms with E-state index in [1.807, 2.05) is 30.3 Å². The van der Waals surface area contributed by atoms with E-state index in [9.17, 15) is 9.90 Å². The fourth-order valence-corrected chi connectivity index (χ4v) is 3.02. The molecule has 6 heteroatoms. The predicted octanol–water partition coefficient (Wildman–Crippen LogP) is 2.30. The molecule has 2 atom stereocenters. The van der Waals surface area contributed by atoms with E-state index in [1.165, 1.54) is 4.90 Å². The summed E-state index contributed by atoms with van der Waals surface area (Å²) in [6.07, 6.45) is 2.19. The van der Waals surface area contributed by atoms with Crippen LogP contribution in [0.1, 0.15) is 18.4 Å². The number of halogens is 1. The molecule has 23 heavy (non-hydrogen) atoms. The van der Waals surface area contributed by atoms with Crippen LogP contribution in [0, 0.1) is 0 Å². The van der Waals surface area contributed by atoms with Gasteiger partial charge >= 0.3 is 0 Å². The lowest BCUT2D eigenvalue weighted by molar-refractivity contribution is -0.147. The highest BCUT2D eigenvalue weighted by molar-refractivity contribution is 6.21. The van der Waals surface area contributed by atoms with E-state index < -0.39 is 11.6 Å². The van der Waals surface area contributed by atoms with Gasteiger partial charge in [0.2, 0.25) is 5.91 Å². The summed E-state index contributed by atoms with van der Waals surface area (Å²) < 4.78 is 5.33. The number of nitrogens with zero attached hydrogens (tertiary/aromatic N) is 2. The molecule has 122 valence electrons. The van der Waals surface area contributed by atoms with Crippen LogP contribution < -0.4 is 0 Å². The van der Waals surface area contributed by atoms with Crippen molar-refractivity contribution in [3.63, 3.8) is 0 Å². The van der Waals surface area contributed by atoms with E-state index in [2.05, 4.69) is 4.98 Å². The highest BCUT2D eigenvalue weighted by Crippen LogP contribution is 2.20. The Bertz CT molecular complexity index is 694. The second-order valence-electron chi connectivity index (χ2n) is 5.67. The van der Waals surface area contributed by atoms with Crippen LogP contribution in [0.3, 0.4) is 0 Å². The van der Waals surface area contributed by atoms with Crippen LogP contribution in [-0.2, 0) is 16.0 Å². The van der Waals surface area contributed by atoms with Gasteiger partial charge in [0.1, 0.15) is 13.0 Å². The first kappa shape index (κ1) is 16.2. The molecule has 3 rings (SSSR count). The van der Waals surface area contributed by atoms with Crippen LogP contribution in [0.15, 0.2) is 36.5 Å². The van der Waals surface area contributed by atoms with Gasteiger partial charge in [-0.3, -0.25) is 14.7 Å². The molecular formula is C17H19ClN2O3. The maximum Gasteiger partial charge on any atom is 0.226 e. The van der Waals surface area contributed by atoms with Gasteiger partial charge < -0.3 is 9.84 Å². The number of hydrogen-bond acceptors (Lipinski definition) is 4. The van der Waals surface area contributed by atoms with E-state index in [0.29, 0.717) is 25.9 Å². The summed E-state index contributed by atoms with van der Waals surface area (Å²) in [5, 5.41) is 10.8. The van der Waals surface area contributed by atoms with Crippen LogP contribution >= 0.6 is 11.6 Å². The molecule has 1 N–H and O–H groups in total. The van der Waals surface area contributed by atoms with Crippen molar-refractivity contribution in [2.45, 2.75) is 30.9 Å². The number of aliphatic hydroxyl groups excluding tert-OH is 1. The molecule has 1 aliphatic heterocycles. The molecule has 5 nitrogen and oxygen atoms in total. The summed E-state index contributed by atoms with van der Waals surface area (Å²) in [6.45, 7) is 0.616. The van der Waals surface area contributed by atoms with Crippen molar-refractivity contribution in [3.8, 4) is 0 Å². The van der Waals surface area contributed by atoms with Crippen LogP contribution in [0.2, 0.25) is 0 Å². The van der Waals surface area contributed by atoms with Crippen molar-refractivity contribution >= 4 is 28.4 Å². The molecule has 0 bridgehead atoms. The molecule has 1 fully saturated rings. The number of pyridine rings is 1. The SMILES string of the molecule is O=C1CCCOCN1C(O)C(Cl)Cc1ccc2ncccc2c1. The van der Waals surface area contributed by atoms with E-state index in [0.717, 1.165) is 16.5 Å². The summed E-state index contributed by atoms with van der Waals surface area (Å²) in [6, 6.07) is 9.74. The Hall–Kier alpha value is -1.69. The number of alkyl halides is 1. The standard InChI is InChI=1S/C17H19ClN2O3/c18-14(17(22)20-11-23-8-2-4-16(20)21)10-12-5-6-15-13(9-12)3-1-7-19-15/h1,3,5-7,9,14,17,22H,2,4,8,10-11H2. The summed E-state index contributed by atoms with van der Waals surface area (Å²) >= 11 is 6.35. The molecule has 0 saturated carbocycles. The smallest absolute Gasteiger partial charge is 0.226 e. The van der Waals surface area contributed by atoms with Crippen LogP contribution in [0.5, 0.6) is 0 Å². The summed E-state index contributed by atoms with van der Waals surface area (Å²) in [5.74, 6) is -0.122. The Morgan fingerprint density at radius 3 is 3.13 bits per heavy atom. The molecule has 1 aliphatic rings. The first-order valence-corrected chi connectivity index (χ1v) is 8.12. The van der Waals surface area contributed by atoms with Gasteiger partial charge in [-0.05, 0) is 36.6 Å². The highest BCUT2D eigenvalue weighted by Gasteiger charge is 2.29. The Kier molecular flexibility index (Phi) is 5.10. The zero-order valence-electron chi connectivity index (χ0n) is 12.7. The lowest BCUT2D eigenvalue weighted by Gasteiger charge is -2.29. The molecule has 0 radical (unpaired) electrons. The monoisotopic (exact) mass is 334 g/mol. The van der Waals surface area contributed by atoms with Gasteiger partial charge in [0.05, 0.1) is 10.9 Å². The lowest BCUT2D eigenvalue weighted by Crippen LogP contribution is -2.46. The number of carbonyl (C=O) groups is 1. The zero-order valence-corrected chi connectivity index (χ0v) is 13.4. The molecule has 0 aliphatic carbocycles. The average molecular weight is 335 g/mol. The Balaban J connectivity index is 1.71. The quantitative estimate of drug-likeness (QED) is 0.871. The fraction of sp³-hybridized carbons (Fsp3) is 0.412. The van der Waals surface area contributed by atoms with Gasteiger partial charge in [0, 0.05) is 24.6 Å². The maximum atomic E-state index is 12.0. The number of fused-ring (bicyclic) bond motifs is 1. The second-order valence-corrected chi connectivity index (χ2v) is 6.23. The van der Waals surface area contributed by atoms with Gasteiger partial charge in [0.15, 0.2) is 0 Å². The minimum absolute atomic E-state index is 0.0882. The maximum absolute atomic E-state index is 12.0. The van der Waals surface area contributed by atoms with Gasteiger partial charge in [0.25, 0.3) is 0 Å². The average Bonchev–Trinajstić information content (AvgIpc) is 2.78. The number of carbonyl (C=O) groups excluding carboxylic acids is 1. The van der Waals surface area contributed by atoms with Crippen LogP contribution in [0.25, 0.3) is 10.9 Å². The van der Waals surface area contributed by atoms with Crippen molar-refractivity contribution in [3.05, 3.63) is 42.1 Å². The summed E-state index contributed by atoms with van der Waals surface area (Å²) in [7, 11) is 0. The van der Waals surface area contributed by atoms with Crippen molar-refractivity contribution < 1.29 is 14.6 Å². The van der Waals surface area contributed by atoms with Gasteiger partial charge in [-0.25, -0.2) is 0 Å². The largest absolute Gasteiger partial charge is 0.372 e. The van der Waals surface area contributed by atoms with E-state index >= 15 is 0 Å². The lowest BCUT2D eigenvalue weighted by atomic mass is 10.1. The highest BCUT2D eigenvalue weighted by atomic mass is 35.5. The predicted molar refractivity (Wildman–Crippen MR) is 88.0 cm³/mol. The normalized spacial score (nSPS) is 18.7. The van der Waals surface area contributed by atoms with Crippen molar-refractivity contribution in [1.82, 2.24) is 9.88 Å². The summed E-state index contributed by atoms with van der Waals surface area (Å²) in [5.41, 5.74) is 1.91. The third-order valence-corrected chi connectivity index (χ3v) is 4.35. The molecule has 1 amide bonds. The third-order valence-electron chi connectivity index (χ3n) is 3.97. The third kappa shape index (κ3) is 3.80. The van der Waals surface area contributed by atoms with Gasteiger partial charge in [-0.15, -0.1) is 11.6 Å². The van der Waals surface area contributed by atoms with Crippen molar-refractivity contribution in [2.75, 3.05) is 13.3 Å². The molecule has 2 heterocycles. The number of benzene rings is 1. The minimum atomic E-state index is -1.06. The first-order chi connectivity index (χ1) is 11.1. The molecule has 1 saturated heterocycles. The van der Waals surface area contributed by atoms with Crippen LogP contribution in [0.4, 0.5) is 0 Å². The minimum Gasteiger partial charge on any atom is -0.372 e. The number of hydrogen-bond donors (Lipinski definition) is 1. The molecule has 2 aromatic rings. The number of ether oxygens (including phenoxy) is 1. The summed E-state index contributed by atoms with van der Waals surface area (Å²) in [4.78, 5) is 17.6. The number of aliphatic hydroxyl groups is 1. The van der Waals surface area contributed by atoms with E-state index in [-0.39, 0.29) is 12.6 Å². The second kappa shape index (κ2) is 7.25. The Morgan fingerprint density at radius 1 is 1.39 bits per heavy atom. The first-order valence-electron chi connectivity index (χ1n) is 7.68. The number of amides is 1. The molecular weight excluding hydrogens is 316 g/mol. The van der Waals surface area contributed by atoms with Crippen molar-refractivity contribution in [2.24, 2.45) is 0 Å². The molecule has 0 spiro atoms. The van der Waals surface area contributed by atoms with E-state index in [1.54, 1.807) is 6.20 Å². The van der Waals surface area contributed by atoms with Crippen LogP contribution in [-0.4, -0.2) is 45.8 Å². The van der Waals surface area contributed by atoms with Gasteiger partial charge in [-0.1, -0.05) is 12.1 Å². The molecule has 2 unspecified atom stereocenters. The van der Waals surface area contributed by atoms with Gasteiger partial charge in [-0.2, -0.15) is 0 Å². The number of rotatable bonds is 4. The zero-order chi connectivity index (χ0) is 16.2. The molecule has 1 aromatic carbocycles. The van der Waals surface area contributed by atoms with E-state index in [4.69, 9.17) is 16.3 Å². The van der Waals surface area contributed by atoms with Crippen molar-refractivity contribution in [1.29, 1.82) is 0 Å². The topological polar surface area (TPSA) is 62.7 Å². The fourth-order valence-electron chi connectivity index (χ4n) is 2.71. The number of aromatic nitrogens is 1. The Morgan fingerprint density at radius 2 is 2.26 bits per heavy atom. The molecule has 1 aromatic heterocycles. The Labute approximate surface area is 139 Å².